The summed E-state index contributed by atoms with van der Waals surface area (Å²) in [4.78, 5) is 6.01. The zero-order valence-electron chi connectivity index (χ0n) is 12.1. The van der Waals surface area contributed by atoms with Gasteiger partial charge in [-0.15, -0.1) is 0 Å². The molecule has 0 radical (unpaired) electrons. The normalized spacial score (nSPS) is 18.0. The molecule has 0 spiro atoms. The van der Waals surface area contributed by atoms with Gasteiger partial charge in [0.2, 0.25) is 0 Å². The van der Waals surface area contributed by atoms with Crippen molar-refractivity contribution in [3.05, 3.63) is 0 Å². The molecule has 0 aliphatic heterocycles. The summed E-state index contributed by atoms with van der Waals surface area (Å²) in [5.74, 6) is 0. The number of hydrogen-bond acceptors (Lipinski definition) is 2. The van der Waals surface area contributed by atoms with E-state index in [1.54, 1.807) is 0 Å². The minimum absolute atomic E-state index is 0.473. The SMILES string of the molecule is CCCCOC(=NC1CCCCC1)[Se]CCCC. The molecule has 0 amide bonds. The number of nitrogens with zero attached hydrogens (tertiary/aromatic N) is 1. The molecule has 106 valence electrons. The Morgan fingerprint density at radius 1 is 1.11 bits per heavy atom. The standard InChI is InChI=1S/C15H29NOSe/c1-3-5-12-17-15(18-13-6-4-2)16-14-10-8-7-9-11-14/h14H,3-13H2,1-2H3. The minimum atomic E-state index is 0.473. The van der Waals surface area contributed by atoms with Crippen molar-refractivity contribution in [2.75, 3.05) is 6.61 Å². The molecular weight excluding hydrogens is 289 g/mol. The van der Waals surface area contributed by atoms with E-state index < -0.39 is 0 Å². The Kier molecular flexibility index (Phi) is 9.69. The maximum atomic E-state index is 5.91. The van der Waals surface area contributed by atoms with Crippen molar-refractivity contribution in [2.45, 2.75) is 83.0 Å². The average Bonchev–Trinajstić information content (AvgIpc) is 2.40. The van der Waals surface area contributed by atoms with E-state index >= 15 is 0 Å². The fourth-order valence-electron chi connectivity index (χ4n) is 2.08. The monoisotopic (exact) mass is 319 g/mol. The van der Waals surface area contributed by atoms with Crippen LogP contribution in [0.2, 0.25) is 5.32 Å². The van der Waals surface area contributed by atoms with E-state index in [0.29, 0.717) is 21.0 Å². The molecule has 0 unspecified atom stereocenters. The number of unbranched alkanes of at least 4 members (excludes halogenated alkanes) is 2. The summed E-state index contributed by atoms with van der Waals surface area (Å²) in [5.41, 5.74) is 0. The van der Waals surface area contributed by atoms with Crippen molar-refractivity contribution in [3.8, 4) is 0 Å². The first-order valence-electron chi connectivity index (χ1n) is 7.70. The van der Waals surface area contributed by atoms with Crippen LogP contribution in [0.25, 0.3) is 0 Å². The second kappa shape index (κ2) is 10.9. The van der Waals surface area contributed by atoms with Gasteiger partial charge in [-0.05, 0) is 0 Å². The molecule has 0 aromatic heterocycles. The van der Waals surface area contributed by atoms with Crippen LogP contribution in [0.15, 0.2) is 4.99 Å². The molecule has 0 bridgehead atoms. The predicted molar refractivity (Wildman–Crippen MR) is 80.6 cm³/mol. The molecule has 3 heteroatoms. The van der Waals surface area contributed by atoms with Crippen LogP contribution in [0.1, 0.15) is 71.6 Å². The molecule has 0 aromatic carbocycles. The van der Waals surface area contributed by atoms with E-state index in [0.717, 1.165) is 17.8 Å². The molecule has 1 saturated carbocycles. The van der Waals surface area contributed by atoms with Gasteiger partial charge < -0.3 is 0 Å². The Balaban J connectivity index is 2.37. The average molecular weight is 318 g/mol. The molecule has 0 atom stereocenters. The number of ether oxygens (including phenoxy) is 1. The van der Waals surface area contributed by atoms with Crippen LogP contribution >= 0.6 is 0 Å². The first-order chi connectivity index (χ1) is 8.86. The van der Waals surface area contributed by atoms with E-state index in [9.17, 15) is 0 Å². The Morgan fingerprint density at radius 2 is 1.83 bits per heavy atom. The summed E-state index contributed by atoms with van der Waals surface area (Å²) in [5, 5.41) is 1.29. The summed E-state index contributed by atoms with van der Waals surface area (Å²) in [6.45, 7) is 5.34. The van der Waals surface area contributed by atoms with Crippen molar-refractivity contribution in [3.63, 3.8) is 0 Å². The Morgan fingerprint density at radius 3 is 2.50 bits per heavy atom. The van der Waals surface area contributed by atoms with Gasteiger partial charge in [0.25, 0.3) is 0 Å². The van der Waals surface area contributed by atoms with E-state index in [1.165, 1.54) is 56.7 Å². The van der Waals surface area contributed by atoms with Crippen molar-refractivity contribution >= 4 is 19.8 Å². The molecule has 0 saturated heterocycles. The van der Waals surface area contributed by atoms with E-state index in [-0.39, 0.29) is 0 Å². The van der Waals surface area contributed by atoms with Gasteiger partial charge in [-0.25, -0.2) is 0 Å². The summed E-state index contributed by atoms with van der Waals surface area (Å²) in [7, 11) is 0. The Hall–Kier alpha value is -0.0105. The van der Waals surface area contributed by atoms with Crippen molar-refractivity contribution < 1.29 is 4.74 Å². The molecular formula is C15H29NOSe. The Bertz CT molecular complexity index is 213. The predicted octanol–water partition coefficient (Wildman–Crippen LogP) is 4.41. The number of hydrogen-bond donors (Lipinski definition) is 0. The van der Waals surface area contributed by atoms with Crippen LogP contribution in [0.3, 0.4) is 0 Å². The molecule has 0 heterocycles. The van der Waals surface area contributed by atoms with Gasteiger partial charge in [-0.3, -0.25) is 0 Å². The molecule has 0 aromatic rings. The molecule has 1 fully saturated rings. The fraction of sp³-hybridized carbons (Fsp3) is 0.933. The van der Waals surface area contributed by atoms with E-state index in [4.69, 9.17) is 9.73 Å². The van der Waals surface area contributed by atoms with Crippen molar-refractivity contribution in [2.24, 2.45) is 4.99 Å². The quantitative estimate of drug-likeness (QED) is 0.281. The van der Waals surface area contributed by atoms with Gasteiger partial charge in [0.15, 0.2) is 0 Å². The van der Waals surface area contributed by atoms with Crippen LogP contribution in [-0.4, -0.2) is 32.4 Å². The first-order valence-corrected chi connectivity index (χ1v) is 9.77. The maximum absolute atomic E-state index is 5.91. The Labute approximate surface area is 119 Å². The molecule has 18 heavy (non-hydrogen) atoms. The van der Waals surface area contributed by atoms with E-state index in [1.807, 2.05) is 0 Å². The summed E-state index contributed by atoms with van der Waals surface area (Å²) < 4.78 is 5.91. The third kappa shape index (κ3) is 7.43. The molecule has 1 rings (SSSR count). The first kappa shape index (κ1) is 16.0. The van der Waals surface area contributed by atoms with Crippen molar-refractivity contribution in [1.82, 2.24) is 0 Å². The van der Waals surface area contributed by atoms with Crippen LogP contribution in [0, 0.1) is 0 Å². The number of rotatable bonds is 8. The van der Waals surface area contributed by atoms with Gasteiger partial charge in [0, 0.05) is 0 Å². The van der Waals surface area contributed by atoms with Crippen LogP contribution in [0.5, 0.6) is 0 Å². The molecule has 0 N–H and O–H groups in total. The van der Waals surface area contributed by atoms with Gasteiger partial charge in [0.1, 0.15) is 0 Å². The third-order valence-electron chi connectivity index (χ3n) is 3.31. The topological polar surface area (TPSA) is 21.6 Å². The van der Waals surface area contributed by atoms with Gasteiger partial charge in [-0.1, -0.05) is 0 Å². The summed E-state index contributed by atoms with van der Waals surface area (Å²) >= 11 is 0.473. The van der Waals surface area contributed by atoms with Crippen LogP contribution in [0.4, 0.5) is 0 Å². The van der Waals surface area contributed by atoms with Gasteiger partial charge in [-0.2, -0.15) is 0 Å². The number of aliphatic imine (C=N–C) groups is 1. The summed E-state index contributed by atoms with van der Waals surface area (Å²) in [6.07, 6.45) is 11.7. The molecule has 1 aliphatic carbocycles. The van der Waals surface area contributed by atoms with Crippen LogP contribution < -0.4 is 0 Å². The van der Waals surface area contributed by atoms with E-state index in [2.05, 4.69) is 13.8 Å². The zero-order valence-corrected chi connectivity index (χ0v) is 13.8. The van der Waals surface area contributed by atoms with Crippen molar-refractivity contribution in [1.29, 1.82) is 0 Å². The third-order valence-corrected chi connectivity index (χ3v) is 5.33. The second-order valence-corrected chi connectivity index (χ2v) is 7.29. The summed E-state index contributed by atoms with van der Waals surface area (Å²) in [6, 6.07) is 0.568. The van der Waals surface area contributed by atoms with Crippen LogP contribution in [-0.2, 0) is 4.74 Å². The molecule has 2 nitrogen and oxygen atoms in total. The molecule has 1 aliphatic rings. The van der Waals surface area contributed by atoms with Gasteiger partial charge in [0.05, 0.1) is 0 Å². The fourth-order valence-corrected chi connectivity index (χ4v) is 4.18. The second-order valence-electron chi connectivity index (χ2n) is 5.09. The van der Waals surface area contributed by atoms with Gasteiger partial charge >= 0.3 is 119 Å². The zero-order chi connectivity index (χ0) is 13.1.